The standard InChI is InChI=1S/C26H23N3O5/c1-33-23-10-6-5-9-21(23)27-24(30)17-34-20-13-11-18(12-14-20)15-22-25(31)29(26(32)28-22)16-19-7-3-2-4-8-19/h2-15H,16-17H2,1H3,(H,27,30)(H,28,32)/b22-15-. The van der Waals surface area contributed by atoms with Gasteiger partial charge >= 0.3 is 6.03 Å². The molecule has 172 valence electrons. The van der Waals surface area contributed by atoms with Crippen LogP contribution in [0.5, 0.6) is 11.5 Å². The maximum absolute atomic E-state index is 12.7. The Morgan fingerprint density at radius 1 is 0.971 bits per heavy atom. The van der Waals surface area contributed by atoms with Crippen LogP contribution in [0.15, 0.2) is 84.6 Å². The Balaban J connectivity index is 1.34. The number of rotatable bonds is 8. The molecule has 1 fully saturated rings. The van der Waals surface area contributed by atoms with Crippen molar-refractivity contribution in [2.75, 3.05) is 19.0 Å². The van der Waals surface area contributed by atoms with Gasteiger partial charge in [0, 0.05) is 0 Å². The molecule has 2 N–H and O–H groups in total. The van der Waals surface area contributed by atoms with E-state index in [9.17, 15) is 14.4 Å². The largest absolute Gasteiger partial charge is 0.495 e. The van der Waals surface area contributed by atoms with Crippen molar-refractivity contribution in [3.8, 4) is 11.5 Å². The van der Waals surface area contributed by atoms with E-state index in [2.05, 4.69) is 10.6 Å². The Labute approximate surface area is 196 Å². The van der Waals surface area contributed by atoms with Crippen LogP contribution in [0.2, 0.25) is 0 Å². The van der Waals surface area contributed by atoms with Gasteiger partial charge in [0.25, 0.3) is 11.8 Å². The van der Waals surface area contributed by atoms with Gasteiger partial charge in [0.15, 0.2) is 6.61 Å². The molecule has 1 saturated heterocycles. The van der Waals surface area contributed by atoms with E-state index in [1.165, 1.54) is 12.0 Å². The van der Waals surface area contributed by atoms with Crippen LogP contribution in [0.4, 0.5) is 10.5 Å². The molecular formula is C26H23N3O5. The Kier molecular flexibility index (Phi) is 6.88. The summed E-state index contributed by atoms with van der Waals surface area (Å²) >= 11 is 0. The quantitative estimate of drug-likeness (QED) is 0.396. The molecule has 4 rings (SSSR count). The van der Waals surface area contributed by atoms with Crippen LogP contribution in [-0.4, -0.2) is 36.5 Å². The number of benzene rings is 3. The van der Waals surface area contributed by atoms with E-state index >= 15 is 0 Å². The molecule has 1 heterocycles. The van der Waals surface area contributed by atoms with E-state index in [0.29, 0.717) is 22.7 Å². The number of ether oxygens (including phenoxy) is 2. The summed E-state index contributed by atoms with van der Waals surface area (Å²) in [6, 6.07) is 22.8. The number of para-hydroxylation sites is 2. The molecule has 0 saturated carbocycles. The molecule has 0 unspecified atom stereocenters. The maximum Gasteiger partial charge on any atom is 0.329 e. The number of hydrogen-bond acceptors (Lipinski definition) is 5. The highest BCUT2D eigenvalue weighted by Crippen LogP contribution is 2.23. The molecule has 1 aliphatic heterocycles. The molecule has 0 atom stereocenters. The van der Waals surface area contributed by atoms with E-state index in [1.807, 2.05) is 36.4 Å². The van der Waals surface area contributed by atoms with Crippen molar-refractivity contribution in [1.82, 2.24) is 10.2 Å². The highest BCUT2D eigenvalue weighted by Gasteiger charge is 2.33. The number of carbonyl (C=O) groups excluding carboxylic acids is 3. The lowest BCUT2D eigenvalue weighted by molar-refractivity contribution is -0.123. The minimum Gasteiger partial charge on any atom is -0.495 e. The molecule has 34 heavy (non-hydrogen) atoms. The van der Waals surface area contributed by atoms with Crippen LogP contribution < -0.4 is 20.1 Å². The molecule has 3 aromatic rings. The maximum atomic E-state index is 12.7. The Hall–Kier alpha value is -4.59. The monoisotopic (exact) mass is 457 g/mol. The Morgan fingerprint density at radius 2 is 1.68 bits per heavy atom. The fraction of sp³-hybridized carbons (Fsp3) is 0.115. The molecular weight excluding hydrogens is 434 g/mol. The number of urea groups is 1. The summed E-state index contributed by atoms with van der Waals surface area (Å²) in [6.45, 7) is 0.0218. The second-order valence-electron chi connectivity index (χ2n) is 7.47. The third kappa shape index (κ3) is 5.42. The number of imide groups is 1. The van der Waals surface area contributed by atoms with Crippen molar-refractivity contribution in [1.29, 1.82) is 0 Å². The lowest BCUT2D eigenvalue weighted by atomic mass is 10.1. The lowest BCUT2D eigenvalue weighted by Gasteiger charge is -2.11. The molecule has 0 aromatic heterocycles. The minimum atomic E-state index is -0.457. The first-order valence-electron chi connectivity index (χ1n) is 10.6. The summed E-state index contributed by atoms with van der Waals surface area (Å²) in [5.74, 6) is 0.338. The van der Waals surface area contributed by atoms with Crippen molar-refractivity contribution in [3.05, 3.63) is 95.7 Å². The van der Waals surface area contributed by atoms with E-state index < -0.39 is 6.03 Å². The third-order valence-electron chi connectivity index (χ3n) is 5.09. The molecule has 1 aliphatic rings. The van der Waals surface area contributed by atoms with Gasteiger partial charge in [-0.2, -0.15) is 0 Å². The lowest BCUT2D eigenvalue weighted by Crippen LogP contribution is -2.30. The zero-order chi connectivity index (χ0) is 23.9. The Bertz CT molecular complexity index is 1220. The fourth-order valence-electron chi connectivity index (χ4n) is 3.39. The van der Waals surface area contributed by atoms with Gasteiger partial charge in [0.05, 0.1) is 19.3 Å². The average Bonchev–Trinajstić information content (AvgIpc) is 3.12. The summed E-state index contributed by atoms with van der Waals surface area (Å²) < 4.78 is 10.8. The first-order chi connectivity index (χ1) is 16.5. The average molecular weight is 457 g/mol. The van der Waals surface area contributed by atoms with E-state index in [0.717, 1.165) is 5.56 Å². The number of nitrogens with one attached hydrogen (secondary N) is 2. The van der Waals surface area contributed by atoms with Gasteiger partial charge < -0.3 is 20.1 Å². The summed E-state index contributed by atoms with van der Waals surface area (Å²) in [6.07, 6.45) is 1.60. The summed E-state index contributed by atoms with van der Waals surface area (Å²) in [4.78, 5) is 38.3. The van der Waals surface area contributed by atoms with Crippen LogP contribution in [-0.2, 0) is 16.1 Å². The summed E-state index contributed by atoms with van der Waals surface area (Å²) in [7, 11) is 1.53. The third-order valence-corrected chi connectivity index (χ3v) is 5.09. The first kappa shape index (κ1) is 22.6. The zero-order valence-electron chi connectivity index (χ0n) is 18.5. The van der Waals surface area contributed by atoms with Gasteiger partial charge in [-0.15, -0.1) is 0 Å². The van der Waals surface area contributed by atoms with Crippen LogP contribution in [0.25, 0.3) is 6.08 Å². The number of methoxy groups -OCH3 is 1. The predicted octanol–water partition coefficient (Wildman–Crippen LogP) is 3.81. The van der Waals surface area contributed by atoms with Gasteiger partial charge in [-0.1, -0.05) is 54.6 Å². The molecule has 8 heteroatoms. The van der Waals surface area contributed by atoms with Gasteiger partial charge in [-0.25, -0.2) is 4.79 Å². The topological polar surface area (TPSA) is 97.0 Å². The highest BCUT2D eigenvalue weighted by atomic mass is 16.5. The van der Waals surface area contributed by atoms with Crippen LogP contribution >= 0.6 is 0 Å². The highest BCUT2D eigenvalue weighted by molar-refractivity contribution is 6.13. The van der Waals surface area contributed by atoms with Crippen molar-refractivity contribution >= 4 is 29.6 Å². The van der Waals surface area contributed by atoms with Crippen LogP contribution in [0.1, 0.15) is 11.1 Å². The van der Waals surface area contributed by atoms with E-state index in [4.69, 9.17) is 9.47 Å². The molecule has 0 aliphatic carbocycles. The molecule has 3 aromatic carbocycles. The molecule has 0 bridgehead atoms. The predicted molar refractivity (Wildman–Crippen MR) is 127 cm³/mol. The normalized spacial score (nSPS) is 14.1. The van der Waals surface area contributed by atoms with Gasteiger partial charge in [-0.3, -0.25) is 14.5 Å². The molecule has 0 radical (unpaired) electrons. The Morgan fingerprint density at radius 3 is 2.41 bits per heavy atom. The van der Waals surface area contributed by atoms with E-state index in [-0.39, 0.29) is 30.7 Å². The van der Waals surface area contributed by atoms with Crippen LogP contribution in [0, 0.1) is 0 Å². The molecule has 0 spiro atoms. The minimum absolute atomic E-state index is 0.179. The SMILES string of the molecule is COc1ccccc1NC(=O)COc1ccc(/C=C2\NC(=O)N(Cc3ccccc3)C2=O)cc1. The van der Waals surface area contributed by atoms with Crippen molar-refractivity contribution in [3.63, 3.8) is 0 Å². The van der Waals surface area contributed by atoms with Gasteiger partial charge in [-0.05, 0) is 41.5 Å². The second kappa shape index (κ2) is 10.4. The van der Waals surface area contributed by atoms with Crippen molar-refractivity contribution < 1.29 is 23.9 Å². The molecule has 8 nitrogen and oxygen atoms in total. The number of hydrogen-bond donors (Lipinski definition) is 2. The number of amides is 4. The smallest absolute Gasteiger partial charge is 0.329 e. The second-order valence-corrected chi connectivity index (χ2v) is 7.47. The van der Waals surface area contributed by atoms with Gasteiger partial charge in [0.1, 0.15) is 17.2 Å². The number of nitrogens with zero attached hydrogens (tertiary/aromatic N) is 1. The van der Waals surface area contributed by atoms with E-state index in [1.54, 1.807) is 48.5 Å². The van der Waals surface area contributed by atoms with Gasteiger partial charge in [0.2, 0.25) is 0 Å². The first-order valence-corrected chi connectivity index (χ1v) is 10.6. The van der Waals surface area contributed by atoms with Crippen molar-refractivity contribution in [2.24, 2.45) is 0 Å². The number of anilines is 1. The van der Waals surface area contributed by atoms with Crippen LogP contribution in [0.3, 0.4) is 0 Å². The number of carbonyl (C=O) groups is 3. The summed E-state index contributed by atoms with van der Waals surface area (Å²) in [5.41, 5.74) is 2.33. The molecule has 4 amide bonds. The van der Waals surface area contributed by atoms with Crippen molar-refractivity contribution in [2.45, 2.75) is 6.54 Å². The fourth-order valence-corrected chi connectivity index (χ4v) is 3.39. The zero-order valence-corrected chi connectivity index (χ0v) is 18.5. The summed E-state index contributed by atoms with van der Waals surface area (Å²) in [5, 5.41) is 5.35.